The molecule has 3 heterocycles. The molecule has 0 saturated carbocycles. The number of fused-ring (bicyclic) bond motifs is 2. The van der Waals surface area contributed by atoms with Gasteiger partial charge in [0.15, 0.2) is 11.3 Å². The van der Waals surface area contributed by atoms with E-state index in [0.717, 1.165) is 22.0 Å². The summed E-state index contributed by atoms with van der Waals surface area (Å²) in [5, 5.41) is 0.999. The number of nitrogens with one attached hydrogen (secondary N) is 1. The number of nitrogens with zero attached hydrogens (tertiary/aromatic N) is 4. The number of rotatable bonds is 3. The monoisotopic (exact) mass is 367 g/mol. The van der Waals surface area contributed by atoms with Crippen LogP contribution in [0.25, 0.3) is 33.5 Å². The summed E-state index contributed by atoms with van der Waals surface area (Å²) < 4.78 is 1.66. The first kappa shape index (κ1) is 16.4. The van der Waals surface area contributed by atoms with Gasteiger partial charge in [0.2, 0.25) is 0 Å². The Bertz CT molecular complexity index is 1350. The summed E-state index contributed by atoms with van der Waals surface area (Å²) >= 11 is 0. The van der Waals surface area contributed by atoms with E-state index in [2.05, 4.69) is 15.0 Å². The van der Waals surface area contributed by atoms with Crippen molar-refractivity contribution in [2.24, 2.45) is 0 Å². The molecule has 0 spiro atoms. The van der Waals surface area contributed by atoms with Crippen molar-refractivity contribution in [1.29, 1.82) is 0 Å². The minimum atomic E-state index is -0.219. The molecule has 5 rings (SSSR count). The highest BCUT2D eigenvalue weighted by atomic mass is 16.1. The van der Waals surface area contributed by atoms with Gasteiger partial charge in [-0.2, -0.15) is 0 Å². The predicted octanol–water partition coefficient (Wildman–Crippen LogP) is 3.94. The SMILES string of the molecule is C[C@H](c1ccccc1)n1c(=O)[nH]c2ncc(-c3cccc4ncccc34)nc21. The van der Waals surface area contributed by atoms with Gasteiger partial charge in [-0.25, -0.2) is 14.8 Å². The second-order valence-electron chi connectivity index (χ2n) is 6.69. The van der Waals surface area contributed by atoms with Gasteiger partial charge in [-0.3, -0.25) is 14.5 Å². The lowest BCUT2D eigenvalue weighted by Crippen LogP contribution is -2.21. The van der Waals surface area contributed by atoms with Gasteiger partial charge in [0.1, 0.15) is 0 Å². The highest BCUT2D eigenvalue weighted by Crippen LogP contribution is 2.27. The summed E-state index contributed by atoms with van der Waals surface area (Å²) in [4.78, 5) is 29.1. The van der Waals surface area contributed by atoms with Crippen molar-refractivity contribution in [1.82, 2.24) is 24.5 Å². The molecule has 0 aliphatic heterocycles. The minimum absolute atomic E-state index is 0.166. The second-order valence-corrected chi connectivity index (χ2v) is 6.69. The molecular formula is C22H17N5O. The molecule has 0 amide bonds. The average molecular weight is 367 g/mol. The van der Waals surface area contributed by atoms with Gasteiger partial charge in [-0.15, -0.1) is 0 Å². The van der Waals surface area contributed by atoms with E-state index in [4.69, 9.17) is 4.98 Å². The maximum absolute atomic E-state index is 12.6. The Hall–Kier alpha value is -3.80. The van der Waals surface area contributed by atoms with Crippen LogP contribution in [-0.2, 0) is 0 Å². The Balaban J connectivity index is 1.72. The van der Waals surface area contributed by atoms with Crippen LogP contribution in [0.1, 0.15) is 18.5 Å². The maximum Gasteiger partial charge on any atom is 0.329 e. The Morgan fingerprint density at radius 1 is 0.964 bits per heavy atom. The molecule has 136 valence electrons. The number of H-pyrrole nitrogens is 1. The van der Waals surface area contributed by atoms with Crippen LogP contribution >= 0.6 is 0 Å². The smallest absolute Gasteiger partial charge is 0.289 e. The van der Waals surface area contributed by atoms with Crippen molar-refractivity contribution >= 4 is 22.2 Å². The van der Waals surface area contributed by atoms with E-state index in [0.29, 0.717) is 17.0 Å². The van der Waals surface area contributed by atoms with Crippen LogP contribution in [0.5, 0.6) is 0 Å². The molecule has 6 nitrogen and oxygen atoms in total. The van der Waals surface area contributed by atoms with Gasteiger partial charge in [-0.05, 0) is 24.6 Å². The number of benzene rings is 2. The van der Waals surface area contributed by atoms with Gasteiger partial charge in [0.05, 0.1) is 23.4 Å². The van der Waals surface area contributed by atoms with Crippen LogP contribution in [0.4, 0.5) is 0 Å². The molecule has 5 aromatic rings. The summed E-state index contributed by atoms with van der Waals surface area (Å²) in [6.45, 7) is 1.99. The number of pyridine rings is 1. The van der Waals surface area contributed by atoms with Crippen LogP contribution < -0.4 is 5.69 Å². The molecule has 1 N–H and O–H groups in total. The zero-order valence-corrected chi connectivity index (χ0v) is 15.2. The number of aromatic amines is 1. The van der Waals surface area contributed by atoms with E-state index in [1.807, 2.05) is 67.6 Å². The molecule has 0 radical (unpaired) electrons. The first-order valence-electron chi connectivity index (χ1n) is 9.09. The molecular weight excluding hydrogens is 350 g/mol. The van der Waals surface area contributed by atoms with Crippen molar-refractivity contribution in [2.45, 2.75) is 13.0 Å². The number of aromatic nitrogens is 5. The number of hydrogen-bond acceptors (Lipinski definition) is 4. The van der Waals surface area contributed by atoms with Crippen molar-refractivity contribution < 1.29 is 0 Å². The second kappa shape index (κ2) is 6.42. The minimum Gasteiger partial charge on any atom is -0.289 e. The average Bonchev–Trinajstić information content (AvgIpc) is 3.08. The van der Waals surface area contributed by atoms with Crippen molar-refractivity contribution in [3.05, 3.63) is 89.1 Å². The third kappa shape index (κ3) is 2.58. The molecule has 3 aromatic heterocycles. The fraction of sp³-hybridized carbons (Fsp3) is 0.0909. The summed E-state index contributed by atoms with van der Waals surface area (Å²) in [7, 11) is 0. The fourth-order valence-corrected chi connectivity index (χ4v) is 3.59. The lowest BCUT2D eigenvalue weighted by atomic mass is 10.1. The van der Waals surface area contributed by atoms with Crippen LogP contribution in [0.2, 0.25) is 0 Å². The highest BCUT2D eigenvalue weighted by molar-refractivity contribution is 5.93. The number of hydrogen-bond donors (Lipinski definition) is 1. The van der Waals surface area contributed by atoms with Crippen molar-refractivity contribution in [3.63, 3.8) is 0 Å². The van der Waals surface area contributed by atoms with Crippen LogP contribution in [0, 0.1) is 0 Å². The summed E-state index contributed by atoms with van der Waals surface area (Å²) in [6, 6.07) is 19.6. The lowest BCUT2D eigenvalue weighted by Gasteiger charge is -2.13. The topological polar surface area (TPSA) is 76.5 Å². The summed E-state index contributed by atoms with van der Waals surface area (Å²) in [5.74, 6) is 0. The van der Waals surface area contributed by atoms with Crippen LogP contribution in [0.15, 0.2) is 77.9 Å². The molecule has 6 heteroatoms. The molecule has 1 atom stereocenters. The van der Waals surface area contributed by atoms with Gasteiger partial charge >= 0.3 is 5.69 Å². The van der Waals surface area contributed by atoms with E-state index in [9.17, 15) is 4.79 Å². The van der Waals surface area contributed by atoms with E-state index in [1.165, 1.54) is 0 Å². The predicted molar refractivity (Wildman–Crippen MR) is 109 cm³/mol. The standard InChI is InChI=1S/C22H17N5O/c1-14(15-7-3-2-4-8-15)27-21-20(26-22(27)28)24-13-19(25-21)17-9-5-11-18-16(17)10-6-12-23-18/h2-14H,1H3,(H,24,26,28)/t14-/m1/s1. The summed E-state index contributed by atoms with van der Waals surface area (Å²) in [5.41, 5.74) is 4.38. The zero-order valence-electron chi connectivity index (χ0n) is 15.2. The van der Waals surface area contributed by atoms with Gasteiger partial charge in [0.25, 0.3) is 0 Å². The van der Waals surface area contributed by atoms with E-state index >= 15 is 0 Å². The molecule has 0 saturated heterocycles. The number of imidazole rings is 1. The van der Waals surface area contributed by atoms with Gasteiger partial charge < -0.3 is 0 Å². The Morgan fingerprint density at radius 2 is 1.82 bits per heavy atom. The Kier molecular flexibility index (Phi) is 3.76. The quantitative estimate of drug-likeness (QED) is 0.524. The highest BCUT2D eigenvalue weighted by Gasteiger charge is 2.18. The normalized spacial score (nSPS) is 12.5. The Morgan fingerprint density at radius 3 is 2.68 bits per heavy atom. The van der Waals surface area contributed by atoms with E-state index in [-0.39, 0.29) is 11.7 Å². The molecule has 0 bridgehead atoms. The van der Waals surface area contributed by atoms with Gasteiger partial charge in [-0.1, -0.05) is 48.5 Å². The zero-order chi connectivity index (χ0) is 19.1. The molecule has 0 fully saturated rings. The first-order valence-corrected chi connectivity index (χ1v) is 9.09. The maximum atomic E-state index is 12.6. The molecule has 28 heavy (non-hydrogen) atoms. The van der Waals surface area contributed by atoms with Crippen LogP contribution in [0.3, 0.4) is 0 Å². The third-order valence-electron chi connectivity index (χ3n) is 5.02. The molecule has 0 aliphatic rings. The van der Waals surface area contributed by atoms with E-state index in [1.54, 1.807) is 17.0 Å². The largest absolute Gasteiger partial charge is 0.329 e. The van der Waals surface area contributed by atoms with Gasteiger partial charge in [0, 0.05) is 17.1 Å². The van der Waals surface area contributed by atoms with Crippen molar-refractivity contribution in [3.8, 4) is 11.3 Å². The van der Waals surface area contributed by atoms with E-state index < -0.39 is 0 Å². The lowest BCUT2D eigenvalue weighted by molar-refractivity contribution is 0.631. The Labute approximate surface area is 160 Å². The van der Waals surface area contributed by atoms with Crippen LogP contribution in [-0.4, -0.2) is 24.5 Å². The molecule has 2 aromatic carbocycles. The summed E-state index contributed by atoms with van der Waals surface area (Å²) in [6.07, 6.45) is 3.46. The molecule has 0 aliphatic carbocycles. The molecule has 0 unspecified atom stereocenters. The first-order chi connectivity index (χ1) is 13.7. The third-order valence-corrected chi connectivity index (χ3v) is 5.02. The fourth-order valence-electron chi connectivity index (χ4n) is 3.59. The van der Waals surface area contributed by atoms with Crippen molar-refractivity contribution in [2.75, 3.05) is 0 Å².